The van der Waals surface area contributed by atoms with E-state index in [1.54, 1.807) is 18.4 Å². The van der Waals surface area contributed by atoms with Crippen molar-refractivity contribution in [2.24, 2.45) is 0 Å². The van der Waals surface area contributed by atoms with Crippen LogP contribution in [0.5, 0.6) is 5.75 Å². The van der Waals surface area contributed by atoms with Crippen molar-refractivity contribution in [2.75, 3.05) is 13.7 Å². The van der Waals surface area contributed by atoms with Gasteiger partial charge in [-0.05, 0) is 38.1 Å². The highest BCUT2D eigenvalue weighted by atomic mass is 35.5. The first-order chi connectivity index (χ1) is 9.65. The first-order valence-corrected chi connectivity index (χ1v) is 7.84. The molecule has 2 aromatic rings. The summed E-state index contributed by atoms with van der Waals surface area (Å²) in [5.74, 6) is 0.842. The topological polar surface area (TPSA) is 34.2 Å². The number of thiazole rings is 1. The number of benzene rings is 1. The van der Waals surface area contributed by atoms with Crippen LogP contribution in [0.15, 0.2) is 24.4 Å². The van der Waals surface area contributed by atoms with Gasteiger partial charge < -0.3 is 10.1 Å². The van der Waals surface area contributed by atoms with Crippen LogP contribution in [-0.4, -0.2) is 18.6 Å². The summed E-state index contributed by atoms with van der Waals surface area (Å²) in [6.45, 7) is 5.09. The van der Waals surface area contributed by atoms with Gasteiger partial charge in [0.15, 0.2) is 0 Å². The van der Waals surface area contributed by atoms with Gasteiger partial charge in [0, 0.05) is 21.7 Å². The average molecular weight is 311 g/mol. The Morgan fingerprint density at radius 2 is 2.25 bits per heavy atom. The van der Waals surface area contributed by atoms with E-state index in [-0.39, 0.29) is 6.04 Å². The van der Waals surface area contributed by atoms with E-state index in [1.165, 1.54) is 4.88 Å². The summed E-state index contributed by atoms with van der Waals surface area (Å²) in [7, 11) is 1.68. The van der Waals surface area contributed by atoms with Crippen LogP contribution in [0.2, 0.25) is 5.02 Å². The van der Waals surface area contributed by atoms with Crippen molar-refractivity contribution in [3.05, 3.63) is 44.9 Å². The molecule has 0 aliphatic carbocycles. The SMILES string of the molecule is CCCNC(c1cnc(C)s1)c1cc(Cl)ccc1OC. The van der Waals surface area contributed by atoms with E-state index in [9.17, 15) is 0 Å². The summed E-state index contributed by atoms with van der Waals surface area (Å²) in [5, 5.41) is 5.32. The highest BCUT2D eigenvalue weighted by molar-refractivity contribution is 7.11. The maximum Gasteiger partial charge on any atom is 0.124 e. The quantitative estimate of drug-likeness (QED) is 0.868. The molecule has 1 N–H and O–H groups in total. The summed E-state index contributed by atoms with van der Waals surface area (Å²) < 4.78 is 5.48. The maximum atomic E-state index is 6.15. The molecule has 1 unspecified atom stereocenters. The van der Waals surface area contributed by atoms with Gasteiger partial charge in [0.2, 0.25) is 0 Å². The largest absolute Gasteiger partial charge is 0.496 e. The fourth-order valence-electron chi connectivity index (χ4n) is 2.09. The fraction of sp³-hybridized carbons (Fsp3) is 0.400. The minimum atomic E-state index is 0.0646. The van der Waals surface area contributed by atoms with Crippen molar-refractivity contribution in [3.8, 4) is 5.75 Å². The zero-order valence-electron chi connectivity index (χ0n) is 11.9. The molecule has 5 heteroatoms. The van der Waals surface area contributed by atoms with Gasteiger partial charge in [-0.1, -0.05) is 18.5 Å². The molecule has 1 heterocycles. The van der Waals surface area contributed by atoms with Crippen LogP contribution in [-0.2, 0) is 0 Å². The molecule has 1 aromatic carbocycles. The third kappa shape index (κ3) is 3.51. The van der Waals surface area contributed by atoms with E-state index >= 15 is 0 Å². The molecule has 0 radical (unpaired) electrons. The lowest BCUT2D eigenvalue weighted by Gasteiger charge is -2.20. The molecule has 0 saturated carbocycles. The normalized spacial score (nSPS) is 12.4. The molecule has 0 bridgehead atoms. The maximum absolute atomic E-state index is 6.15. The van der Waals surface area contributed by atoms with Gasteiger partial charge in [-0.3, -0.25) is 0 Å². The second-order valence-electron chi connectivity index (χ2n) is 4.56. The van der Waals surface area contributed by atoms with E-state index in [1.807, 2.05) is 31.3 Å². The van der Waals surface area contributed by atoms with Crippen LogP contribution >= 0.6 is 22.9 Å². The summed E-state index contributed by atoms with van der Waals surface area (Å²) >= 11 is 7.84. The summed E-state index contributed by atoms with van der Waals surface area (Å²) in [6.07, 6.45) is 2.99. The van der Waals surface area contributed by atoms with Crippen molar-refractivity contribution in [1.82, 2.24) is 10.3 Å². The highest BCUT2D eigenvalue weighted by Gasteiger charge is 2.20. The lowest BCUT2D eigenvalue weighted by Crippen LogP contribution is -2.23. The number of nitrogens with one attached hydrogen (secondary N) is 1. The molecule has 0 amide bonds. The zero-order valence-corrected chi connectivity index (χ0v) is 13.5. The molecule has 2 rings (SSSR count). The van der Waals surface area contributed by atoms with Crippen LogP contribution in [0.25, 0.3) is 0 Å². The number of halogens is 1. The molecule has 0 fully saturated rings. The second-order valence-corrected chi connectivity index (χ2v) is 6.26. The van der Waals surface area contributed by atoms with E-state index < -0.39 is 0 Å². The van der Waals surface area contributed by atoms with Crippen LogP contribution in [0.4, 0.5) is 0 Å². The van der Waals surface area contributed by atoms with Crippen molar-refractivity contribution in [3.63, 3.8) is 0 Å². The third-order valence-electron chi connectivity index (χ3n) is 3.02. The highest BCUT2D eigenvalue weighted by Crippen LogP contribution is 2.34. The van der Waals surface area contributed by atoms with Gasteiger partial charge in [0.05, 0.1) is 18.2 Å². The van der Waals surface area contributed by atoms with Crippen LogP contribution in [0, 0.1) is 6.92 Å². The Morgan fingerprint density at radius 1 is 1.45 bits per heavy atom. The number of hydrogen-bond donors (Lipinski definition) is 1. The van der Waals surface area contributed by atoms with Gasteiger partial charge in [-0.25, -0.2) is 4.98 Å². The van der Waals surface area contributed by atoms with Crippen molar-refractivity contribution < 1.29 is 4.74 Å². The van der Waals surface area contributed by atoms with Gasteiger partial charge in [-0.15, -0.1) is 11.3 Å². The van der Waals surface area contributed by atoms with Crippen molar-refractivity contribution >= 4 is 22.9 Å². The fourth-order valence-corrected chi connectivity index (χ4v) is 3.16. The smallest absolute Gasteiger partial charge is 0.124 e. The Bertz CT molecular complexity index is 571. The summed E-state index contributed by atoms with van der Waals surface area (Å²) in [6, 6.07) is 5.78. The minimum Gasteiger partial charge on any atom is -0.496 e. The number of hydrogen-bond acceptors (Lipinski definition) is 4. The van der Waals surface area contributed by atoms with E-state index in [2.05, 4.69) is 17.2 Å². The second kappa shape index (κ2) is 7.07. The van der Waals surface area contributed by atoms with Crippen LogP contribution in [0.1, 0.15) is 34.8 Å². The molecule has 3 nitrogen and oxygen atoms in total. The monoisotopic (exact) mass is 310 g/mol. The van der Waals surface area contributed by atoms with Crippen molar-refractivity contribution in [1.29, 1.82) is 0 Å². The third-order valence-corrected chi connectivity index (χ3v) is 4.24. The van der Waals surface area contributed by atoms with Crippen LogP contribution in [0.3, 0.4) is 0 Å². The molecule has 0 saturated heterocycles. The predicted octanol–water partition coefficient (Wildman–Crippen LogP) is 4.20. The lowest BCUT2D eigenvalue weighted by molar-refractivity contribution is 0.404. The molecule has 20 heavy (non-hydrogen) atoms. The molecular weight excluding hydrogens is 292 g/mol. The predicted molar refractivity (Wildman–Crippen MR) is 85.0 cm³/mol. The van der Waals surface area contributed by atoms with Gasteiger partial charge in [-0.2, -0.15) is 0 Å². The molecular formula is C15H19ClN2OS. The van der Waals surface area contributed by atoms with Crippen molar-refractivity contribution in [2.45, 2.75) is 26.3 Å². The first-order valence-electron chi connectivity index (χ1n) is 6.64. The number of aryl methyl sites for hydroxylation is 1. The molecule has 0 aliphatic rings. The number of rotatable bonds is 6. The molecule has 1 aromatic heterocycles. The Labute approximate surface area is 129 Å². The molecule has 0 spiro atoms. The van der Waals surface area contributed by atoms with E-state index in [0.717, 1.165) is 29.3 Å². The Kier molecular flexibility index (Phi) is 5.40. The van der Waals surface area contributed by atoms with Gasteiger partial charge in [0.25, 0.3) is 0 Å². The first kappa shape index (κ1) is 15.3. The zero-order chi connectivity index (χ0) is 14.5. The Morgan fingerprint density at radius 3 is 2.85 bits per heavy atom. The molecule has 1 atom stereocenters. The molecule has 0 aliphatic heterocycles. The van der Waals surface area contributed by atoms with E-state index in [0.29, 0.717) is 5.02 Å². The minimum absolute atomic E-state index is 0.0646. The summed E-state index contributed by atoms with van der Waals surface area (Å²) in [5.41, 5.74) is 1.05. The van der Waals surface area contributed by atoms with Gasteiger partial charge in [0.1, 0.15) is 5.75 Å². The Hall–Kier alpha value is -1.10. The number of aromatic nitrogens is 1. The van der Waals surface area contributed by atoms with Gasteiger partial charge >= 0.3 is 0 Å². The number of methoxy groups -OCH3 is 1. The lowest BCUT2D eigenvalue weighted by atomic mass is 10.0. The average Bonchev–Trinajstić information content (AvgIpc) is 2.86. The standard InChI is InChI=1S/C15H19ClN2OS/c1-4-7-17-15(14-9-18-10(2)20-14)12-8-11(16)5-6-13(12)19-3/h5-6,8-9,15,17H,4,7H2,1-3H3. The number of nitrogens with zero attached hydrogens (tertiary/aromatic N) is 1. The van der Waals surface area contributed by atoms with E-state index in [4.69, 9.17) is 16.3 Å². The molecule has 108 valence electrons. The Balaban J connectivity index is 2.42. The summed E-state index contributed by atoms with van der Waals surface area (Å²) in [4.78, 5) is 5.53. The number of ether oxygens (including phenoxy) is 1. The van der Waals surface area contributed by atoms with Crippen LogP contribution < -0.4 is 10.1 Å².